The molecule has 30 heavy (non-hydrogen) atoms. The molecule has 0 radical (unpaired) electrons. The summed E-state index contributed by atoms with van der Waals surface area (Å²) in [6, 6.07) is 13.6. The number of aromatic nitrogens is 1. The molecule has 1 saturated heterocycles. The van der Waals surface area contributed by atoms with Gasteiger partial charge in [-0.15, -0.1) is 0 Å². The lowest BCUT2D eigenvalue weighted by atomic mass is 10.0. The molecular weight excluding hydrogens is 376 g/mol. The minimum absolute atomic E-state index is 0.135. The van der Waals surface area contributed by atoms with Gasteiger partial charge in [0.25, 0.3) is 0 Å². The summed E-state index contributed by atoms with van der Waals surface area (Å²) in [5, 5.41) is 0.878. The average molecular weight is 405 g/mol. The van der Waals surface area contributed by atoms with Crippen molar-refractivity contribution in [3.8, 4) is 5.69 Å². The van der Waals surface area contributed by atoms with Gasteiger partial charge in [0, 0.05) is 22.3 Å². The number of esters is 1. The van der Waals surface area contributed by atoms with Crippen molar-refractivity contribution in [2.75, 3.05) is 26.7 Å². The van der Waals surface area contributed by atoms with E-state index in [2.05, 4.69) is 21.6 Å². The number of piperidine rings is 1. The van der Waals surface area contributed by atoms with Crippen LogP contribution in [0.1, 0.15) is 51.2 Å². The van der Waals surface area contributed by atoms with Crippen molar-refractivity contribution in [2.24, 2.45) is 0 Å². The third-order valence-corrected chi connectivity index (χ3v) is 6.01. The zero-order valence-corrected chi connectivity index (χ0v) is 17.9. The number of methoxy groups -OCH3 is 1. The first kappa shape index (κ1) is 20.4. The number of ether oxygens (including phenoxy) is 1. The van der Waals surface area contributed by atoms with Crippen molar-refractivity contribution in [1.82, 2.24) is 9.47 Å². The molecule has 5 nitrogen and oxygen atoms in total. The fraction of sp³-hybridized carbons (Fsp3) is 0.360. The molecule has 2 heterocycles. The predicted octanol–water partition coefficient (Wildman–Crippen LogP) is 4.70. The molecule has 0 amide bonds. The molecule has 0 spiro atoms. The molecule has 1 aliphatic rings. The topological polar surface area (TPSA) is 51.5 Å². The Labute approximate surface area is 177 Å². The first-order chi connectivity index (χ1) is 14.5. The second-order valence-corrected chi connectivity index (χ2v) is 8.11. The minimum Gasteiger partial charge on any atom is -0.465 e. The molecule has 0 saturated carbocycles. The zero-order chi connectivity index (χ0) is 21.3. The van der Waals surface area contributed by atoms with Crippen LogP contribution in [0.15, 0.2) is 42.5 Å². The van der Waals surface area contributed by atoms with E-state index in [4.69, 9.17) is 4.74 Å². The van der Waals surface area contributed by atoms with Crippen LogP contribution < -0.4 is 0 Å². The number of rotatable bonds is 5. The average Bonchev–Trinajstić information content (AvgIpc) is 3.05. The van der Waals surface area contributed by atoms with E-state index in [9.17, 15) is 9.59 Å². The van der Waals surface area contributed by atoms with Crippen LogP contribution in [-0.2, 0) is 4.74 Å². The lowest BCUT2D eigenvalue weighted by Crippen LogP contribution is -2.34. The number of benzene rings is 2. The smallest absolute Gasteiger partial charge is 0.337 e. The fourth-order valence-corrected chi connectivity index (χ4v) is 4.44. The number of carbonyl (C=O) groups is 2. The Balaban J connectivity index is 1.85. The van der Waals surface area contributed by atoms with Crippen LogP contribution in [-0.4, -0.2) is 48.0 Å². The van der Waals surface area contributed by atoms with Crippen LogP contribution in [0.4, 0.5) is 0 Å². The quantitative estimate of drug-likeness (QED) is 0.457. The Hall–Kier alpha value is -2.92. The summed E-state index contributed by atoms with van der Waals surface area (Å²) in [4.78, 5) is 27.8. The second-order valence-electron chi connectivity index (χ2n) is 8.11. The van der Waals surface area contributed by atoms with Crippen LogP contribution in [0.2, 0.25) is 0 Å². The van der Waals surface area contributed by atoms with Gasteiger partial charge >= 0.3 is 5.97 Å². The van der Waals surface area contributed by atoms with Crippen molar-refractivity contribution in [1.29, 1.82) is 0 Å². The van der Waals surface area contributed by atoms with Gasteiger partial charge in [0.1, 0.15) is 0 Å². The second kappa shape index (κ2) is 8.44. The number of hydrogen-bond donors (Lipinski definition) is 0. The molecule has 0 atom stereocenters. The van der Waals surface area contributed by atoms with Gasteiger partial charge in [-0.3, -0.25) is 9.69 Å². The van der Waals surface area contributed by atoms with Crippen LogP contribution in [0.5, 0.6) is 0 Å². The Kier molecular flexibility index (Phi) is 5.73. The van der Waals surface area contributed by atoms with Crippen LogP contribution in [0.3, 0.4) is 0 Å². The highest BCUT2D eigenvalue weighted by atomic mass is 16.5. The Morgan fingerprint density at radius 3 is 2.33 bits per heavy atom. The summed E-state index contributed by atoms with van der Waals surface area (Å²) < 4.78 is 6.98. The predicted molar refractivity (Wildman–Crippen MR) is 119 cm³/mol. The molecule has 156 valence electrons. The van der Waals surface area contributed by atoms with Gasteiger partial charge in [0.15, 0.2) is 5.78 Å². The van der Waals surface area contributed by atoms with E-state index in [0.29, 0.717) is 12.1 Å². The lowest BCUT2D eigenvalue weighted by molar-refractivity contribution is 0.0600. The van der Waals surface area contributed by atoms with Crippen molar-refractivity contribution >= 4 is 22.7 Å². The van der Waals surface area contributed by atoms with E-state index >= 15 is 0 Å². The van der Waals surface area contributed by atoms with Gasteiger partial charge in [-0.05, 0) is 64.0 Å². The molecule has 0 N–H and O–H groups in total. The lowest BCUT2D eigenvalue weighted by Gasteiger charge is -2.25. The van der Waals surface area contributed by atoms with Crippen molar-refractivity contribution < 1.29 is 14.3 Å². The van der Waals surface area contributed by atoms with Gasteiger partial charge < -0.3 is 9.30 Å². The molecular formula is C25H28N2O3. The number of carbonyl (C=O) groups excluding carboxylic acids is 2. The first-order valence-electron chi connectivity index (χ1n) is 10.6. The molecule has 4 rings (SSSR count). The first-order valence-corrected chi connectivity index (χ1v) is 10.6. The number of fused-ring (bicyclic) bond motifs is 1. The molecule has 0 bridgehead atoms. The maximum Gasteiger partial charge on any atom is 0.337 e. The SMILES string of the molecule is COC(=O)c1ccc2c(C(=O)CN3CCCCC3)c(C)n(-c3ccc(C)cc3)c2c1. The van der Waals surface area contributed by atoms with Gasteiger partial charge in [0.05, 0.1) is 24.7 Å². The highest BCUT2D eigenvalue weighted by molar-refractivity contribution is 6.11. The number of nitrogens with zero attached hydrogens (tertiary/aromatic N) is 2. The minimum atomic E-state index is -0.382. The van der Waals surface area contributed by atoms with E-state index in [1.54, 1.807) is 6.07 Å². The van der Waals surface area contributed by atoms with E-state index in [0.717, 1.165) is 53.8 Å². The van der Waals surface area contributed by atoms with E-state index in [1.807, 2.05) is 38.1 Å². The number of hydrogen-bond acceptors (Lipinski definition) is 4. The Morgan fingerprint density at radius 1 is 0.967 bits per heavy atom. The Bertz CT molecular complexity index is 1090. The molecule has 0 aliphatic carbocycles. The number of ketones is 1. The van der Waals surface area contributed by atoms with Crippen LogP contribution in [0, 0.1) is 13.8 Å². The van der Waals surface area contributed by atoms with Crippen molar-refractivity contribution in [2.45, 2.75) is 33.1 Å². The summed E-state index contributed by atoms with van der Waals surface area (Å²) in [6.07, 6.45) is 3.55. The molecule has 3 aromatic rings. The van der Waals surface area contributed by atoms with Crippen molar-refractivity contribution in [3.63, 3.8) is 0 Å². The van der Waals surface area contributed by atoms with E-state index in [-0.39, 0.29) is 11.8 Å². The van der Waals surface area contributed by atoms with Crippen LogP contribution >= 0.6 is 0 Å². The van der Waals surface area contributed by atoms with Gasteiger partial charge in [0.2, 0.25) is 0 Å². The molecule has 1 aliphatic heterocycles. The third-order valence-electron chi connectivity index (χ3n) is 6.01. The van der Waals surface area contributed by atoms with Gasteiger partial charge in [-0.2, -0.15) is 0 Å². The van der Waals surface area contributed by atoms with E-state index < -0.39 is 0 Å². The standard InChI is InChI=1S/C25H28N2O3/c1-17-7-10-20(11-8-17)27-18(2)24(23(28)16-26-13-5-4-6-14-26)21-12-9-19(15-22(21)27)25(29)30-3/h7-12,15H,4-6,13-14,16H2,1-3H3. The van der Waals surface area contributed by atoms with Crippen LogP contribution in [0.25, 0.3) is 16.6 Å². The Morgan fingerprint density at radius 2 is 1.67 bits per heavy atom. The van der Waals surface area contributed by atoms with Gasteiger partial charge in [-0.1, -0.05) is 30.2 Å². The normalized spacial score (nSPS) is 14.8. The fourth-order valence-electron chi connectivity index (χ4n) is 4.44. The number of aryl methyl sites for hydroxylation is 1. The van der Waals surface area contributed by atoms with E-state index in [1.165, 1.54) is 19.1 Å². The highest BCUT2D eigenvalue weighted by Gasteiger charge is 2.24. The summed E-state index contributed by atoms with van der Waals surface area (Å²) in [7, 11) is 1.38. The molecule has 5 heteroatoms. The summed E-state index contributed by atoms with van der Waals surface area (Å²) >= 11 is 0. The maximum atomic E-state index is 13.4. The molecule has 0 unspecified atom stereocenters. The largest absolute Gasteiger partial charge is 0.465 e. The zero-order valence-electron chi connectivity index (χ0n) is 17.9. The summed E-state index contributed by atoms with van der Waals surface area (Å²) in [6.45, 7) is 6.43. The summed E-state index contributed by atoms with van der Waals surface area (Å²) in [5.41, 5.74) is 5.12. The molecule has 2 aromatic carbocycles. The molecule has 1 fully saturated rings. The number of Topliss-reactive ketones (excluding diaryl/α,β-unsaturated/α-hetero) is 1. The highest BCUT2D eigenvalue weighted by Crippen LogP contribution is 2.31. The number of likely N-dealkylation sites (tertiary alicyclic amines) is 1. The summed E-state index contributed by atoms with van der Waals surface area (Å²) in [5.74, 6) is -0.247. The van der Waals surface area contributed by atoms with Crippen molar-refractivity contribution in [3.05, 3.63) is 64.8 Å². The monoisotopic (exact) mass is 404 g/mol. The third kappa shape index (κ3) is 3.77. The van der Waals surface area contributed by atoms with Gasteiger partial charge in [-0.25, -0.2) is 4.79 Å². The maximum absolute atomic E-state index is 13.4. The molecule has 1 aromatic heterocycles.